The molecule has 1 aliphatic rings. The third kappa shape index (κ3) is 3.19. The first-order valence-electron chi connectivity index (χ1n) is 7.23. The number of nitrogens with one attached hydrogen (secondary N) is 1. The van der Waals surface area contributed by atoms with Crippen LogP contribution in [0.15, 0.2) is 41.5 Å². The molecule has 1 aromatic carbocycles. The number of aromatic nitrogens is 2. The summed E-state index contributed by atoms with van der Waals surface area (Å²) in [4.78, 5) is 20.6. The summed E-state index contributed by atoms with van der Waals surface area (Å²) in [5.74, 6) is 0.154. The zero-order valence-electron chi connectivity index (χ0n) is 11.8. The molecule has 0 amide bonds. The smallest absolute Gasteiger partial charge is 0.270 e. The number of aromatic amines is 1. The molecular formula is C16H18FN3O. The van der Waals surface area contributed by atoms with Gasteiger partial charge in [-0.25, -0.2) is 4.39 Å². The number of likely N-dealkylation sites (tertiary alicyclic amines) is 1. The predicted octanol–water partition coefficient (Wildman–Crippen LogP) is 2.29. The van der Waals surface area contributed by atoms with Crippen molar-refractivity contribution in [1.29, 1.82) is 0 Å². The molecule has 1 fully saturated rings. The molecule has 21 heavy (non-hydrogen) atoms. The summed E-state index contributed by atoms with van der Waals surface area (Å²) < 4.78 is 13.8. The van der Waals surface area contributed by atoms with E-state index in [1.54, 1.807) is 12.3 Å². The number of nitrogens with zero attached hydrogens (tertiary/aromatic N) is 2. The van der Waals surface area contributed by atoms with Gasteiger partial charge in [-0.2, -0.15) is 0 Å². The van der Waals surface area contributed by atoms with Crippen LogP contribution in [0.3, 0.4) is 0 Å². The number of benzene rings is 1. The highest BCUT2D eigenvalue weighted by Gasteiger charge is 2.23. The van der Waals surface area contributed by atoms with Gasteiger partial charge in [0, 0.05) is 18.9 Å². The lowest BCUT2D eigenvalue weighted by atomic mass is 9.89. The summed E-state index contributed by atoms with van der Waals surface area (Å²) in [7, 11) is 0. The van der Waals surface area contributed by atoms with Gasteiger partial charge in [-0.1, -0.05) is 18.2 Å². The lowest BCUT2D eigenvalue weighted by molar-refractivity contribution is 0.200. The molecular weight excluding hydrogens is 269 g/mol. The molecule has 1 aromatic heterocycles. The molecule has 0 aliphatic carbocycles. The summed E-state index contributed by atoms with van der Waals surface area (Å²) in [6.07, 6.45) is 4.95. The van der Waals surface area contributed by atoms with Gasteiger partial charge in [0.15, 0.2) is 0 Å². The van der Waals surface area contributed by atoms with Crippen molar-refractivity contribution in [3.63, 3.8) is 0 Å². The Kier molecular flexibility index (Phi) is 4.10. The van der Waals surface area contributed by atoms with E-state index in [1.807, 2.05) is 12.1 Å². The maximum atomic E-state index is 13.8. The minimum absolute atomic E-state index is 0.114. The summed E-state index contributed by atoms with van der Waals surface area (Å²) in [6, 6.07) is 7.01. The number of H-pyrrole nitrogens is 1. The Morgan fingerprint density at radius 3 is 2.76 bits per heavy atom. The zero-order valence-corrected chi connectivity index (χ0v) is 11.8. The molecule has 4 nitrogen and oxygen atoms in total. The maximum Gasteiger partial charge on any atom is 0.270 e. The van der Waals surface area contributed by atoms with Crippen LogP contribution in [-0.2, 0) is 6.54 Å². The molecule has 0 saturated carbocycles. The topological polar surface area (TPSA) is 49.0 Å². The van der Waals surface area contributed by atoms with E-state index in [1.165, 1.54) is 12.3 Å². The molecule has 2 heterocycles. The lowest BCUT2D eigenvalue weighted by Gasteiger charge is -2.31. The highest BCUT2D eigenvalue weighted by atomic mass is 19.1. The first-order chi connectivity index (χ1) is 10.2. The van der Waals surface area contributed by atoms with Crippen LogP contribution in [0, 0.1) is 5.82 Å². The van der Waals surface area contributed by atoms with E-state index in [4.69, 9.17) is 0 Å². The van der Waals surface area contributed by atoms with E-state index in [-0.39, 0.29) is 17.3 Å². The van der Waals surface area contributed by atoms with Crippen molar-refractivity contribution in [2.24, 2.45) is 0 Å². The summed E-state index contributed by atoms with van der Waals surface area (Å²) in [5.41, 5.74) is 1.23. The van der Waals surface area contributed by atoms with E-state index in [0.717, 1.165) is 31.5 Å². The van der Waals surface area contributed by atoms with Gasteiger partial charge in [0.1, 0.15) is 11.5 Å². The first-order valence-corrected chi connectivity index (χ1v) is 7.23. The van der Waals surface area contributed by atoms with E-state index in [2.05, 4.69) is 14.9 Å². The fourth-order valence-corrected chi connectivity index (χ4v) is 2.91. The Bertz CT molecular complexity index is 662. The summed E-state index contributed by atoms with van der Waals surface area (Å²) in [5, 5.41) is 0. The van der Waals surface area contributed by atoms with Crippen molar-refractivity contribution < 1.29 is 4.39 Å². The fourth-order valence-electron chi connectivity index (χ4n) is 2.91. The standard InChI is InChI=1S/C16H18FN3O/c17-14-4-2-1-3-13(14)12-5-9-20(10-6-12)11-15-16(21)19-8-7-18-15/h1-4,7-8,12H,5-6,9-11H2,(H,19,21). The van der Waals surface area contributed by atoms with Crippen molar-refractivity contribution in [2.75, 3.05) is 13.1 Å². The van der Waals surface area contributed by atoms with Gasteiger partial charge >= 0.3 is 0 Å². The molecule has 2 aromatic rings. The zero-order chi connectivity index (χ0) is 14.7. The van der Waals surface area contributed by atoms with Crippen LogP contribution in [0.2, 0.25) is 0 Å². The Morgan fingerprint density at radius 1 is 1.29 bits per heavy atom. The highest BCUT2D eigenvalue weighted by Crippen LogP contribution is 2.29. The second-order valence-electron chi connectivity index (χ2n) is 5.44. The van der Waals surface area contributed by atoms with Gasteiger partial charge in [-0.3, -0.25) is 14.7 Å². The summed E-state index contributed by atoms with van der Waals surface area (Å²) in [6.45, 7) is 2.27. The normalized spacial score (nSPS) is 17.0. The molecule has 5 heteroatoms. The van der Waals surface area contributed by atoms with Crippen LogP contribution in [0.5, 0.6) is 0 Å². The average molecular weight is 287 g/mol. The lowest BCUT2D eigenvalue weighted by Crippen LogP contribution is -2.34. The highest BCUT2D eigenvalue weighted by molar-refractivity contribution is 5.22. The molecule has 0 atom stereocenters. The number of hydrogen-bond donors (Lipinski definition) is 1. The molecule has 0 spiro atoms. The molecule has 3 rings (SSSR count). The fraction of sp³-hybridized carbons (Fsp3) is 0.375. The minimum Gasteiger partial charge on any atom is -0.326 e. The van der Waals surface area contributed by atoms with Crippen molar-refractivity contribution in [2.45, 2.75) is 25.3 Å². The van der Waals surface area contributed by atoms with Crippen LogP contribution in [0.25, 0.3) is 0 Å². The third-order valence-corrected chi connectivity index (χ3v) is 4.09. The Morgan fingerprint density at radius 2 is 2.05 bits per heavy atom. The van der Waals surface area contributed by atoms with Crippen LogP contribution >= 0.6 is 0 Å². The van der Waals surface area contributed by atoms with Crippen LogP contribution in [0.1, 0.15) is 30.0 Å². The molecule has 110 valence electrons. The maximum absolute atomic E-state index is 13.8. The molecule has 1 aliphatic heterocycles. The Labute approximate surface area is 122 Å². The van der Waals surface area contributed by atoms with Gasteiger partial charge in [0.2, 0.25) is 0 Å². The molecule has 0 bridgehead atoms. The molecule has 1 saturated heterocycles. The quantitative estimate of drug-likeness (QED) is 0.942. The average Bonchev–Trinajstić information content (AvgIpc) is 2.51. The number of rotatable bonds is 3. The minimum atomic E-state index is -0.131. The van der Waals surface area contributed by atoms with Crippen molar-refractivity contribution in [1.82, 2.24) is 14.9 Å². The van der Waals surface area contributed by atoms with E-state index >= 15 is 0 Å². The Hall–Kier alpha value is -2.01. The van der Waals surface area contributed by atoms with Crippen LogP contribution in [-0.4, -0.2) is 28.0 Å². The van der Waals surface area contributed by atoms with Crippen molar-refractivity contribution in [3.05, 3.63) is 64.1 Å². The first kappa shape index (κ1) is 13.9. The molecule has 0 unspecified atom stereocenters. The van der Waals surface area contributed by atoms with Gasteiger partial charge < -0.3 is 4.98 Å². The second kappa shape index (κ2) is 6.18. The van der Waals surface area contributed by atoms with Gasteiger partial charge in [0.05, 0.1) is 0 Å². The summed E-state index contributed by atoms with van der Waals surface area (Å²) >= 11 is 0. The molecule has 0 radical (unpaired) electrons. The van der Waals surface area contributed by atoms with Crippen LogP contribution in [0.4, 0.5) is 4.39 Å². The third-order valence-electron chi connectivity index (χ3n) is 4.09. The predicted molar refractivity (Wildman–Crippen MR) is 78.5 cm³/mol. The van der Waals surface area contributed by atoms with E-state index in [9.17, 15) is 9.18 Å². The van der Waals surface area contributed by atoms with Crippen molar-refractivity contribution in [3.8, 4) is 0 Å². The van der Waals surface area contributed by atoms with Crippen molar-refractivity contribution >= 4 is 0 Å². The molecule has 1 N–H and O–H groups in total. The SMILES string of the molecule is O=c1[nH]ccnc1CN1CCC(c2ccccc2F)CC1. The second-order valence-corrected chi connectivity index (χ2v) is 5.44. The van der Waals surface area contributed by atoms with Gasteiger partial charge in [-0.05, 0) is 43.5 Å². The largest absolute Gasteiger partial charge is 0.326 e. The number of hydrogen-bond acceptors (Lipinski definition) is 3. The van der Waals surface area contributed by atoms with Gasteiger partial charge in [0.25, 0.3) is 5.56 Å². The Balaban J connectivity index is 1.62. The monoisotopic (exact) mass is 287 g/mol. The number of piperidine rings is 1. The van der Waals surface area contributed by atoms with E-state index in [0.29, 0.717) is 12.2 Å². The van der Waals surface area contributed by atoms with Gasteiger partial charge in [-0.15, -0.1) is 0 Å². The number of halogens is 1. The van der Waals surface area contributed by atoms with Crippen LogP contribution < -0.4 is 5.56 Å². The van der Waals surface area contributed by atoms with E-state index < -0.39 is 0 Å².